The van der Waals surface area contributed by atoms with Crippen molar-refractivity contribution in [2.45, 2.75) is 25.8 Å². The molecule has 1 rings (SSSR count). The quantitative estimate of drug-likeness (QED) is 0.619. The van der Waals surface area contributed by atoms with Crippen LogP contribution in [0.15, 0.2) is 4.79 Å². The van der Waals surface area contributed by atoms with E-state index in [-0.39, 0.29) is 12.0 Å². The minimum Gasteiger partial charge on any atom is -0.480 e. The Hall–Kier alpha value is -1.56. The summed E-state index contributed by atoms with van der Waals surface area (Å²) >= 11 is 0. The Morgan fingerprint density at radius 2 is 2.27 bits per heavy atom. The Kier molecular flexibility index (Phi) is 3.31. The molecular weight excluding hydrogens is 198 g/mol. The minimum atomic E-state index is -1.04. The molecule has 1 atom stereocenters. The van der Waals surface area contributed by atoms with E-state index in [4.69, 9.17) is 10.8 Å². The van der Waals surface area contributed by atoms with Crippen molar-refractivity contribution in [1.82, 2.24) is 9.78 Å². The average Bonchev–Trinajstić information content (AvgIpc) is 2.38. The molecule has 6 nitrogen and oxygen atoms in total. The van der Waals surface area contributed by atoms with Crippen LogP contribution in [0, 0.1) is 6.92 Å². The first-order valence-corrected chi connectivity index (χ1v) is 4.66. The molecule has 0 aliphatic carbocycles. The van der Waals surface area contributed by atoms with E-state index in [9.17, 15) is 9.59 Å². The van der Waals surface area contributed by atoms with E-state index in [0.717, 1.165) is 5.69 Å². The van der Waals surface area contributed by atoms with Gasteiger partial charge in [0.2, 0.25) is 0 Å². The van der Waals surface area contributed by atoms with E-state index in [1.807, 2.05) is 0 Å². The van der Waals surface area contributed by atoms with Crippen molar-refractivity contribution in [2.75, 3.05) is 0 Å². The lowest BCUT2D eigenvalue weighted by atomic mass is 10.1. The standard InChI is InChI=1S/C9H15N3O3/c1-5-6(8(13)12(2)11-5)3-4-7(10)9(14)15/h7,11H,3-4,10H2,1-2H3,(H,14,15)/t7-/m0/s1. The fourth-order valence-electron chi connectivity index (χ4n) is 1.45. The van der Waals surface area contributed by atoms with Crippen molar-refractivity contribution < 1.29 is 9.90 Å². The molecule has 15 heavy (non-hydrogen) atoms. The van der Waals surface area contributed by atoms with Crippen LogP contribution in [0.4, 0.5) is 0 Å². The van der Waals surface area contributed by atoms with E-state index in [2.05, 4.69) is 5.10 Å². The number of aromatic amines is 1. The molecule has 0 bridgehead atoms. The third-order valence-corrected chi connectivity index (χ3v) is 2.37. The van der Waals surface area contributed by atoms with Crippen LogP contribution in [0.5, 0.6) is 0 Å². The summed E-state index contributed by atoms with van der Waals surface area (Å²) in [6.45, 7) is 1.78. The Bertz CT molecular complexity index is 419. The smallest absolute Gasteiger partial charge is 0.320 e. The lowest BCUT2D eigenvalue weighted by Gasteiger charge is -2.04. The Morgan fingerprint density at radius 3 is 2.67 bits per heavy atom. The van der Waals surface area contributed by atoms with Crippen molar-refractivity contribution in [3.63, 3.8) is 0 Å². The first kappa shape index (κ1) is 11.5. The SMILES string of the molecule is Cc1[nH]n(C)c(=O)c1CC[C@H](N)C(=O)O. The minimum absolute atomic E-state index is 0.120. The van der Waals surface area contributed by atoms with Crippen molar-refractivity contribution in [3.05, 3.63) is 21.6 Å². The summed E-state index contributed by atoms with van der Waals surface area (Å²) in [7, 11) is 1.62. The summed E-state index contributed by atoms with van der Waals surface area (Å²) in [5, 5.41) is 11.4. The zero-order chi connectivity index (χ0) is 11.6. The first-order valence-electron chi connectivity index (χ1n) is 4.66. The highest BCUT2D eigenvalue weighted by Crippen LogP contribution is 2.03. The molecule has 0 unspecified atom stereocenters. The molecule has 0 radical (unpaired) electrons. The average molecular weight is 213 g/mol. The number of rotatable bonds is 4. The summed E-state index contributed by atoms with van der Waals surface area (Å²) in [5.74, 6) is -1.04. The largest absolute Gasteiger partial charge is 0.480 e. The number of aryl methyl sites for hydroxylation is 2. The molecule has 84 valence electrons. The maximum Gasteiger partial charge on any atom is 0.320 e. The van der Waals surface area contributed by atoms with E-state index in [1.165, 1.54) is 4.68 Å². The van der Waals surface area contributed by atoms with Crippen LogP contribution in [0.1, 0.15) is 17.7 Å². The molecule has 0 amide bonds. The number of aromatic nitrogens is 2. The van der Waals surface area contributed by atoms with Gasteiger partial charge < -0.3 is 10.8 Å². The number of carboxylic acids is 1. The molecule has 4 N–H and O–H groups in total. The van der Waals surface area contributed by atoms with Crippen molar-refractivity contribution in [3.8, 4) is 0 Å². The molecule has 0 aliphatic heterocycles. The van der Waals surface area contributed by atoms with Gasteiger partial charge in [-0.1, -0.05) is 0 Å². The van der Waals surface area contributed by atoms with Gasteiger partial charge in [-0.25, -0.2) is 0 Å². The van der Waals surface area contributed by atoms with E-state index in [1.54, 1.807) is 14.0 Å². The van der Waals surface area contributed by atoms with Gasteiger partial charge in [-0.15, -0.1) is 0 Å². The summed E-state index contributed by atoms with van der Waals surface area (Å²) < 4.78 is 1.37. The number of carboxylic acid groups (broad SMARTS) is 1. The van der Waals surface area contributed by atoms with E-state index < -0.39 is 12.0 Å². The molecule has 0 spiro atoms. The molecule has 0 aliphatic rings. The van der Waals surface area contributed by atoms with Crippen LogP contribution in [-0.4, -0.2) is 26.9 Å². The summed E-state index contributed by atoms with van der Waals surface area (Å²) in [5.41, 5.74) is 6.60. The molecule has 0 aromatic carbocycles. The second kappa shape index (κ2) is 4.31. The molecule has 0 fully saturated rings. The summed E-state index contributed by atoms with van der Waals surface area (Å²) in [6, 6.07) is -0.913. The topological polar surface area (TPSA) is 101 Å². The zero-order valence-corrected chi connectivity index (χ0v) is 8.78. The van der Waals surface area contributed by atoms with Crippen LogP contribution in [-0.2, 0) is 18.3 Å². The second-order valence-electron chi connectivity index (χ2n) is 3.56. The van der Waals surface area contributed by atoms with Crippen molar-refractivity contribution in [1.29, 1.82) is 0 Å². The molecular formula is C9H15N3O3. The Labute approximate surface area is 86.7 Å². The lowest BCUT2D eigenvalue weighted by Crippen LogP contribution is -2.31. The van der Waals surface area contributed by atoms with Crippen LogP contribution < -0.4 is 11.3 Å². The molecule has 6 heteroatoms. The normalized spacial score (nSPS) is 12.7. The van der Waals surface area contributed by atoms with Crippen molar-refractivity contribution >= 4 is 5.97 Å². The van der Waals surface area contributed by atoms with Crippen molar-refractivity contribution in [2.24, 2.45) is 12.8 Å². The Morgan fingerprint density at radius 1 is 1.67 bits per heavy atom. The maximum absolute atomic E-state index is 11.5. The van der Waals surface area contributed by atoms with Gasteiger partial charge in [-0.2, -0.15) is 0 Å². The summed E-state index contributed by atoms with van der Waals surface area (Å²) in [4.78, 5) is 22.0. The van der Waals surface area contributed by atoms with Gasteiger partial charge in [0, 0.05) is 18.3 Å². The molecule has 0 saturated carbocycles. The zero-order valence-electron chi connectivity index (χ0n) is 8.78. The van der Waals surface area contributed by atoms with E-state index in [0.29, 0.717) is 12.0 Å². The van der Waals surface area contributed by atoms with Gasteiger partial charge in [0.05, 0.1) is 0 Å². The monoisotopic (exact) mass is 213 g/mol. The van der Waals surface area contributed by atoms with Crippen LogP contribution >= 0.6 is 0 Å². The third kappa shape index (κ3) is 2.47. The highest BCUT2D eigenvalue weighted by Gasteiger charge is 2.14. The number of nitrogens with zero attached hydrogens (tertiary/aromatic N) is 1. The third-order valence-electron chi connectivity index (χ3n) is 2.37. The Balaban J connectivity index is 2.74. The van der Waals surface area contributed by atoms with Crippen LogP contribution in [0.3, 0.4) is 0 Å². The van der Waals surface area contributed by atoms with Gasteiger partial charge in [-0.3, -0.25) is 19.4 Å². The van der Waals surface area contributed by atoms with Crippen LogP contribution in [0.25, 0.3) is 0 Å². The molecule has 1 heterocycles. The van der Waals surface area contributed by atoms with Gasteiger partial charge >= 0.3 is 5.97 Å². The molecule has 1 aromatic rings. The highest BCUT2D eigenvalue weighted by atomic mass is 16.4. The van der Waals surface area contributed by atoms with Gasteiger partial charge in [0.15, 0.2) is 0 Å². The fourth-order valence-corrected chi connectivity index (χ4v) is 1.45. The highest BCUT2D eigenvalue weighted by molar-refractivity contribution is 5.73. The predicted molar refractivity (Wildman–Crippen MR) is 54.7 cm³/mol. The van der Waals surface area contributed by atoms with Crippen LogP contribution in [0.2, 0.25) is 0 Å². The number of hydrogen-bond donors (Lipinski definition) is 3. The lowest BCUT2D eigenvalue weighted by molar-refractivity contribution is -0.138. The molecule has 1 aromatic heterocycles. The first-order chi connectivity index (χ1) is 6.93. The number of hydrogen-bond acceptors (Lipinski definition) is 3. The maximum atomic E-state index is 11.5. The number of H-pyrrole nitrogens is 1. The summed E-state index contributed by atoms with van der Waals surface area (Å²) in [6.07, 6.45) is 0.652. The van der Waals surface area contributed by atoms with Gasteiger partial charge in [0.25, 0.3) is 5.56 Å². The van der Waals surface area contributed by atoms with Gasteiger partial charge in [0.1, 0.15) is 6.04 Å². The van der Waals surface area contributed by atoms with E-state index >= 15 is 0 Å². The predicted octanol–water partition coefficient (Wildman–Crippen LogP) is -0.634. The number of aliphatic carboxylic acids is 1. The second-order valence-corrected chi connectivity index (χ2v) is 3.56. The fraction of sp³-hybridized carbons (Fsp3) is 0.556. The number of nitrogens with one attached hydrogen (secondary N) is 1. The van der Waals surface area contributed by atoms with Gasteiger partial charge in [-0.05, 0) is 19.8 Å². The number of carbonyl (C=O) groups is 1. The number of nitrogens with two attached hydrogens (primary N) is 1. The molecule has 0 saturated heterocycles.